The molecule has 1 fully saturated rings. The second kappa shape index (κ2) is 9.94. The van der Waals surface area contributed by atoms with Crippen molar-refractivity contribution in [2.45, 2.75) is 84.0 Å². The fraction of sp³-hybridized carbons (Fsp3) is 1.00. The maximum absolute atomic E-state index is 6.00. The first-order valence-electron chi connectivity index (χ1n) is 8.08. The van der Waals surface area contributed by atoms with Gasteiger partial charge in [-0.05, 0) is 24.8 Å². The van der Waals surface area contributed by atoms with Crippen molar-refractivity contribution in [3.63, 3.8) is 0 Å². The highest BCUT2D eigenvalue weighted by Gasteiger charge is 2.20. The van der Waals surface area contributed by atoms with E-state index < -0.39 is 0 Å². The van der Waals surface area contributed by atoms with Crippen LogP contribution in [-0.2, 0) is 0 Å². The van der Waals surface area contributed by atoms with E-state index in [-0.39, 0.29) is 0 Å². The Morgan fingerprint density at radius 3 is 2.18 bits per heavy atom. The zero-order chi connectivity index (χ0) is 12.3. The minimum absolute atomic E-state index is 0.828. The lowest BCUT2D eigenvalue weighted by Gasteiger charge is -2.24. The number of rotatable bonds is 8. The van der Waals surface area contributed by atoms with E-state index in [2.05, 4.69) is 6.92 Å². The third-order valence-corrected chi connectivity index (χ3v) is 4.55. The normalized spacial score (nSPS) is 20.1. The van der Waals surface area contributed by atoms with Gasteiger partial charge in [0.15, 0.2) is 0 Å². The Morgan fingerprint density at radius 1 is 0.941 bits per heavy atom. The predicted molar refractivity (Wildman–Crippen MR) is 77.1 cm³/mol. The predicted octanol–water partition coefficient (Wildman–Crippen LogP) is 4.89. The summed E-state index contributed by atoms with van der Waals surface area (Å²) in [5.74, 6) is 1.78. The standard InChI is InChI=1S/C16H33N/c1-2-3-4-5-10-13-16(14-17)15-11-8-6-7-9-12-15/h15-16H,2-14,17H2,1H3. The van der Waals surface area contributed by atoms with Crippen LogP contribution >= 0.6 is 0 Å². The van der Waals surface area contributed by atoms with E-state index in [0.717, 1.165) is 18.4 Å². The van der Waals surface area contributed by atoms with Crippen LogP contribution in [0.2, 0.25) is 0 Å². The van der Waals surface area contributed by atoms with E-state index in [9.17, 15) is 0 Å². The van der Waals surface area contributed by atoms with Crippen LogP contribution in [0, 0.1) is 11.8 Å². The molecule has 1 atom stereocenters. The summed E-state index contributed by atoms with van der Waals surface area (Å²) in [4.78, 5) is 0. The van der Waals surface area contributed by atoms with Crippen molar-refractivity contribution < 1.29 is 0 Å². The van der Waals surface area contributed by atoms with E-state index in [1.165, 1.54) is 77.0 Å². The molecule has 1 aliphatic carbocycles. The lowest BCUT2D eigenvalue weighted by atomic mass is 9.83. The van der Waals surface area contributed by atoms with E-state index in [0.29, 0.717) is 0 Å². The molecule has 1 heteroatoms. The van der Waals surface area contributed by atoms with Crippen LogP contribution in [0.25, 0.3) is 0 Å². The van der Waals surface area contributed by atoms with Gasteiger partial charge in [0.25, 0.3) is 0 Å². The average Bonchev–Trinajstić information content (AvgIpc) is 2.63. The van der Waals surface area contributed by atoms with Crippen molar-refractivity contribution in [3.8, 4) is 0 Å². The van der Waals surface area contributed by atoms with Crippen LogP contribution in [0.5, 0.6) is 0 Å². The summed E-state index contributed by atoms with van der Waals surface area (Å²) >= 11 is 0. The molecule has 1 rings (SSSR count). The first kappa shape index (κ1) is 15.0. The summed E-state index contributed by atoms with van der Waals surface area (Å²) in [6.07, 6.45) is 17.2. The Balaban J connectivity index is 2.16. The molecule has 102 valence electrons. The van der Waals surface area contributed by atoms with Gasteiger partial charge in [-0.15, -0.1) is 0 Å². The lowest BCUT2D eigenvalue weighted by Crippen LogP contribution is -2.23. The fourth-order valence-corrected chi connectivity index (χ4v) is 3.34. The number of hydrogen-bond donors (Lipinski definition) is 1. The minimum Gasteiger partial charge on any atom is -0.330 e. The molecule has 0 amide bonds. The Hall–Kier alpha value is -0.0400. The quantitative estimate of drug-likeness (QED) is 0.473. The van der Waals surface area contributed by atoms with E-state index in [4.69, 9.17) is 5.73 Å². The molecule has 2 N–H and O–H groups in total. The summed E-state index contributed by atoms with van der Waals surface area (Å²) in [5.41, 5.74) is 6.00. The Morgan fingerprint density at radius 2 is 1.59 bits per heavy atom. The molecule has 17 heavy (non-hydrogen) atoms. The zero-order valence-corrected chi connectivity index (χ0v) is 11.9. The van der Waals surface area contributed by atoms with Crippen LogP contribution in [0.3, 0.4) is 0 Å². The summed E-state index contributed by atoms with van der Waals surface area (Å²) in [7, 11) is 0. The van der Waals surface area contributed by atoms with Gasteiger partial charge in [0.05, 0.1) is 0 Å². The molecule has 0 bridgehead atoms. The van der Waals surface area contributed by atoms with Crippen molar-refractivity contribution in [1.82, 2.24) is 0 Å². The molecule has 0 spiro atoms. The Bertz CT molecular complexity index is 159. The SMILES string of the molecule is CCCCCCCC(CN)C1CCCCCC1. The van der Waals surface area contributed by atoms with Crippen LogP contribution in [0.4, 0.5) is 0 Å². The van der Waals surface area contributed by atoms with Gasteiger partial charge in [0.1, 0.15) is 0 Å². The van der Waals surface area contributed by atoms with Crippen molar-refractivity contribution >= 4 is 0 Å². The Kier molecular flexibility index (Phi) is 8.78. The molecular formula is C16H33N. The third-order valence-electron chi connectivity index (χ3n) is 4.55. The first-order valence-corrected chi connectivity index (χ1v) is 8.08. The molecule has 1 nitrogen and oxygen atoms in total. The molecule has 0 saturated heterocycles. The summed E-state index contributed by atoms with van der Waals surface area (Å²) in [6, 6.07) is 0. The summed E-state index contributed by atoms with van der Waals surface area (Å²) in [5, 5.41) is 0. The van der Waals surface area contributed by atoms with Gasteiger partial charge in [0, 0.05) is 0 Å². The maximum atomic E-state index is 6.00. The van der Waals surface area contributed by atoms with Crippen molar-refractivity contribution in [2.75, 3.05) is 6.54 Å². The highest BCUT2D eigenvalue weighted by molar-refractivity contribution is 4.74. The van der Waals surface area contributed by atoms with Crippen molar-refractivity contribution in [1.29, 1.82) is 0 Å². The number of hydrogen-bond acceptors (Lipinski definition) is 1. The lowest BCUT2D eigenvalue weighted by molar-refractivity contribution is 0.280. The van der Waals surface area contributed by atoms with Crippen molar-refractivity contribution in [2.24, 2.45) is 17.6 Å². The minimum atomic E-state index is 0.828. The molecule has 1 aliphatic rings. The van der Waals surface area contributed by atoms with Gasteiger partial charge >= 0.3 is 0 Å². The topological polar surface area (TPSA) is 26.0 Å². The molecule has 1 unspecified atom stereocenters. The molecule has 0 heterocycles. The van der Waals surface area contributed by atoms with E-state index >= 15 is 0 Å². The molecule has 0 aliphatic heterocycles. The van der Waals surface area contributed by atoms with Crippen LogP contribution < -0.4 is 5.73 Å². The number of unbranched alkanes of at least 4 members (excludes halogenated alkanes) is 4. The summed E-state index contributed by atoms with van der Waals surface area (Å²) < 4.78 is 0. The van der Waals surface area contributed by atoms with E-state index in [1.807, 2.05) is 0 Å². The number of nitrogens with two attached hydrogens (primary N) is 1. The Labute approximate surface area is 109 Å². The smallest absolute Gasteiger partial charge is 0.00462 e. The zero-order valence-electron chi connectivity index (χ0n) is 11.9. The van der Waals surface area contributed by atoms with Crippen LogP contribution in [0.1, 0.15) is 84.0 Å². The van der Waals surface area contributed by atoms with Gasteiger partial charge in [-0.2, -0.15) is 0 Å². The molecule has 0 aromatic carbocycles. The first-order chi connectivity index (χ1) is 8.38. The van der Waals surface area contributed by atoms with Gasteiger partial charge in [0.2, 0.25) is 0 Å². The molecular weight excluding hydrogens is 206 g/mol. The summed E-state index contributed by atoms with van der Waals surface area (Å²) in [6.45, 7) is 3.21. The molecule has 0 aromatic rings. The molecule has 1 saturated carbocycles. The average molecular weight is 239 g/mol. The highest BCUT2D eigenvalue weighted by Crippen LogP contribution is 2.31. The maximum Gasteiger partial charge on any atom is -0.00462 e. The van der Waals surface area contributed by atoms with Gasteiger partial charge < -0.3 is 5.73 Å². The van der Waals surface area contributed by atoms with Crippen LogP contribution in [0.15, 0.2) is 0 Å². The second-order valence-corrected chi connectivity index (χ2v) is 5.95. The molecule has 0 aromatic heterocycles. The molecule has 0 radical (unpaired) electrons. The van der Waals surface area contributed by atoms with Crippen LogP contribution in [-0.4, -0.2) is 6.54 Å². The van der Waals surface area contributed by atoms with Gasteiger partial charge in [-0.1, -0.05) is 77.6 Å². The van der Waals surface area contributed by atoms with E-state index in [1.54, 1.807) is 0 Å². The van der Waals surface area contributed by atoms with Gasteiger partial charge in [-0.3, -0.25) is 0 Å². The van der Waals surface area contributed by atoms with Crippen molar-refractivity contribution in [3.05, 3.63) is 0 Å². The highest BCUT2D eigenvalue weighted by atomic mass is 14.6. The second-order valence-electron chi connectivity index (χ2n) is 5.95. The fourth-order valence-electron chi connectivity index (χ4n) is 3.34. The van der Waals surface area contributed by atoms with Gasteiger partial charge in [-0.25, -0.2) is 0 Å². The monoisotopic (exact) mass is 239 g/mol. The third kappa shape index (κ3) is 6.45. The largest absolute Gasteiger partial charge is 0.330 e.